The second-order valence-electron chi connectivity index (χ2n) is 5.98. The highest BCUT2D eigenvalue weighted by atomic mass is 16.3. The lowest BCUT2D eigenvalue weighted by molar-refractivity contribution is 0.0919. The molecule has 0 fully saturated rings. The SMILES string of the molecule is CC(C)CNCC(C)(O)C1=CCCCCCC1. The summed E-state index contributed by atoms with van der Waals surface area (Å²) in [5.41, 5.74) is 0.583. The second kappa shape index (κ2) is 7.17. The molecular weight excluding hydrogens is 210 g/mol. The average Bonchev–Trinajstić information content (AvgIpc) is 2.14. The van der Waals surface area contributed by atoms with Crippen LogP contribution in [0.3, 0.4) is 0 Å². The van der Waals surface area contributed by atoms with Crippen LogP contribution >= 0.6 is 0 Å². The van der Waals surface area contributed by atoms with Crippen LogP contribution in [0.4, 0.5) is 0 Å². The minimum Gasteiger partial charge on any atom is -0.384 e. The van der Waals surface area contributed by atoms with Crippen molar-refractivity contribution in [3.63, 3.8) is 0 Å². The number of hydrogen-bond donors (Lipinski definition) is 2. The Morgan fingerprint density at radius 1 is 1.29 bits per heavy atom. The normalized spacial score (nSPS) is 21.6. The van der Waals surface area contributed by atoms with Crippen molar-refractivity contribution < 1.29 is 5.11 Å². The Morgan fingerprint density at radius 2 is 2.00 bits per heavy atom. The highest BCUT2D eigenvalue weighted by Crippen LogP contribution is 2.25. The quantitative estimate of drug-likeness (QED) is 0.722. The van der Waals surface area contributed by atoms with E-state index in [0.717, 1.165) is 19.4 Å². The maximum absolute atomic E-state index is 10.5. The maximum atomic E-state index is 10.5. The summed E-state index contributed by atoms with van der Waals surface area (Å²) in [5.74, 6) is 0.636. The molecule has 100 valence electrons. The van der Waals surface area contributed by atoms with Gasteiger partial charge >= 0.3 is 0 Å². The predicted molar refractivity (Wildman–Crippen MR) is 74.1 cm³/mol. The van der Waals surface area contributed by atoms with E-state index in [0.29, 0.717) is 12.5 Å². The molecular formula is C15H29NO. The highest BCUT2D eigenvalue weighted by molar-refractivity contribution is 5.16. The molecule has 0 aromatic heterocycles. The lowest BCUT2D eigenvalue weighted by Gasteiger charge is -2.29. The summed E-state index contributed by atoms with van der Waals surface area (Å²) in [4.78, 5) is 0. The van der Waals surface area contributed by atoms with Gasteiger partial charge in [0.1, 0.15) is 0 Å². The Balaban J connectivity index is 2.48. The molecule has 17 heavy (non-hydrogen) atoms. The molecule has 0 bridgehead atoms. The first-order valence-corrected chi connectivity index (χ1v) is 7.15. The molecule has 0 heterocycles. The van der Waals surface area contributed by atoms with Crippen LogP contribution in [-0.2, 0) is 0 Å². The topological polar surface area (TPSA) is 32.3 Å². The van der Waals surface area contributed by atoms with Gasteiger partial charge in [0, 0.05) is 6.54 Å². The minimum absolute atomic E-state index is 0.636. The van der Waals surface area contributed by atoms with Crippen molar-refractivity contribution in [2.45, 2.75) is 64.9 Å². The Bertz CT molecular complexity index is 243. The van der Waals surface area contributed by atoms with Crippen LogP contribution in [0.25, 0.3) is 0 Å². The third kappa shape index (κ3) is 5.69. The first-order chi connectivity index (χ1) is 8.02. The van der Waals surface area contributed by atoms with E-state index in [1.165, 1.54) is 31.3 Å². The summed E-state index contributed by atoms with van der Waals surface area (Å²) in [5, 5.41) is 13.9. The van der Waals surface area contributed by atoms with Crippen LogP contribution in [0.1, 0.15) is 59.3 Å². The number of allylic oxidation sites excluding steroid dienone is 1. The molecule has 2 N–H and O–H groups in total. The maximum Gasteiger partial charge on any atom is 0.0952 e. The molecule has 1 aliphatic rings. The monoisotopic (exact) mass is 239 g/mol. The second-order valence-corrected chi connectivity index (χ2v) is 5.98. The lowest BCUT2D eigenvalue weighted by Crippen LogP contribution is -2.41. The number of hydrogen-bond acceptors (Lipinski definition) is 2. The number of nitrogens with one attached hydrogen (secondary N) is 1. The van der Waals surface area contributed by atoms with Gasteiger partial charge in [-0.25, -0.2) is 0 Å². The predicted octanol–water partition coefficient (Wildman–Crippen LogP) is 3.26. The fourth-order valence-corrected chi connectivity index (χ4v) is 2.40. The average molecular weight is 239 g/mol. The molecule has 1 atom stereocenters. The Hall–Kier alpha value is -0.340. The number of aliphatic hydroxyl groups is 1. The smallest absolute Gasteiger partial charge is 0.0952 e. The van der Waals surface area contributed by atoms with Crippen molar-refractivity contribution in [1.29, 1.82) is 0 Å². The fourth-order valence-electron chi connectivity index (χ4n) is 2.40. The molecule has 0 saturated carbocycles. The summed E-state index contributed by atoms with van der Waals surface area (Å²) in [7, 11) is 0. The minimum atomic E-state index is -0.660. The number of rotatable bonds is 5. The molecule has 2 nitrogen and oxygen atoms in total. The van der Waals surface area contributed by atoms with Crippen molar-refractivity contribution >= 4 is 0 Å². The zero-order valence-electron chi connectivity index (χ0n) is 11.8. The van der Waals surface area contributed by atoms with Crippen LogP contribution in [0.5, 0.6) is 0 Å². The summed E-state index contributed by atoms with van der Waals surface area (Å²) in [6, 6.07) is 0. The van der Waals surface area contributed by atoms with Gasteiger partial charge in [-0.15, -0.1) is 0 Å². The van der Waals surface area contributed by atoms with E-state index in [-0.39, 0.29) is 0 Å². The Labute approximate surface area is 106 Å². The van der Waals surface area contributed by atoms with Crippen molar-refractivity contribution in [2.75, 3.05) is 13.1 Å². The molecule has 1 unspecified atom stereocenters. The summed E-state index contributed by atoms with van der Waals surface area (Å²) in [6.07, 6.45) is 9.64. The van der Waals surface area contributed by atoms with Gasteiger partial charge in [-0.3, -0.25) is 0 Å². The van der Waals surface area contributed by atoms with Crippen molar-refractivity contribution in [1.82, 2.24) is 5.32 Å². The third-order valence-corrected chi connectivity index (χ3v) is 3.50. The summed E-state index contributed by atoms with van der Waals surface area (Å²) >= 11 is 0. The first-order valence-electron chi connectivity index (χ1n) is 7.15. The van der Waals surface area contributed by atoms with Crippen molar-refractivity contribution in [3.8, 4) is 0 Å². The van der Waals surface area contributed by atoms with Gasteiger partial charge in [0.15, 0.2) is 0 Å². The molecule has 2 heteroatoms. The molecule has 0 radical (unpaired) electrons. The zero-order chi connectivity index (χ0) is 12.7. The van der Waals surface area contributed by atoms with Crippen LogP contribution in [-0.4, -0.2) is 23.8 Å². The van der Waals surface area contributed by atoms with Crippen LogP contribution < -0.4 is 5.32 Å². The fraction of sp³-hybridized carbons (Fsp3) is 0.867. The molecule has 0 spiro atoms. The van der Waals surface area contributed by atoms with Crippen molar-refractivity contribution in [2.24, 2.45) is 5.92 Å². The van der Waals surface area contributed by atoms with Gasteiger partial charge in [-0.2, -0.15) is 0 Å². The third-order valence-electron chi connectivity index (χ3n) is 3.50. The van der Waals surface area contributed by atoms with Crippen molar-refractivity contribution in [3.05, 3.63) is 11.6 Å². The molecule has 0 saturated heterocycles. The lowest BCUT2D eigenvalue weighted by atomic mass is 9.88. The van der Waals surface area contributed by atoms with Gasteiger partial charge in [0.2, 0.25) is 0 Å². The molecule has 1 rings (SSSR count). The van der Waals surface area contributed by atoms with E-state index in [9.17, 15) is 5.11 Å². The summed E-state index contributed by atoms with van der Waals surface area (Å²) in [6.45, 7) is 7.99. The van der Waals surface area contributed by atoms with Gasteiger partial charge in [-0.1, -0.05) is 32.8 Å². The van der Waals surface area contributed by atoms with E-state index in [2.05, 4.69) is 25.2 Å². The first kappa shape index (κ1) is 14.7. The molecule has 0 aromatic carbocycles. The van der Waals surface area contributed by atoms with E-state index in [4.69, 9.17) is 0 Å². The van der Waals surface area contributed by atoms with Gasteiger partial charge in [-0.05, 0) is 50.6 Å². The van der Waals surface area contributed by atoms with Crippen LogP contribution in [0.15, 0.2) is 11.6 Å². The van der Waals surface area contributed by atoms with E-state index < -0.39 is 5.60 Å². The van der Waals surface area contributed by atoms with Gasteiger partial charge in [0.25, 0.3) is 0 Å². The van der Waals surface area contributed by atoms with Gasteiger partial charge in [0.05, 0.1) is 5.60 Å². The van der Waals surface area contributed by atoms with E-state index in [1.807, 2.05) is 6.92 Å². The Kier molecular flexibility index (Phi) is 6.21. The molecule has 0 aliphatic heterocycles. The zero-order valence-corrected chi connectivity index (χ0v) is 11.8. The van der Waals surface area contributed by atoms with Crippen LogP contribution in [0.2, 0.25) is 0 Å². The van der Waals surface area contributed by atoms with Gasteiger partial charge < -0.3 is 10.4 Å². The molecule has 0 aromatic rings. The van der Waals surface area contributed by atoms with Crippen LogP contribution in [0, 0.1) is 5.92 Å². The summed E-state index contributed by atoms with van der Waals surface area (Å²) < 4.78 is 0. The van der Waals surface area contributed by atoms with E-state index in [1.54, 1.807) is 0 Å². The standard InChI is InChI=1S/C15H29NO/c1-13(2)11-16-12-15(3,17)14-9-7-5-4-6-8-10-14/h9,13,16-17H,4-8,10-12H2,1-3H3. The molecule has 0 amide bonds. The largest absolute Gasteiger partial charge is 0.384 e. The van der Waals surface area contributed by atoms with E-state index >= 15 is 0 Å². The highest BCUT2D eigenvalue weighted by Gasteiger charge is 2.25. The molecule has 1 aliphatic carbocycles. The Morgan fingerprint density at radius 3 is 2.71 bits per heavy atom.